The third-order valence-electron chi connectivity index (χ3n) is 1.82. The summed E-state index contributed by atoms with van der Waals surface area (Å²) >= 11 is 0. The maximum Gasteiger partial charge on any atom is 0.125 e. The summed E-state index contributed by atoms with van der Waals surface area (Å²) in [6.45, 7) is 1.90. The average Bonchev–Trinajstić information content (AvgIpc) is 2.51. The molecule has 13 heavy (non-hydrogen) atoms. The van der Waals surface area contributed by atoms with Gasteiger partial charge in [-0.05, 0) is 31.2 Å². The van der Waals surface area contributed by atoms with Crippen LogP contribution in [0, 0.1) is 18.9 Å². The lowest BCUT2D eigenvalue weighted by atomic mass is 10.3. The van der Waals surface area contributed by atoms with Gasteiger partial charge in [-0.3, -0.25) is 0 Å². The molecule has 2 nitrogen and oxygen atoms in total. The van der Waals surface area contributed by atoms with Crippen molar-refractivity contribution in [1.29, 1.82) is 0 Å². The second-order valence-electron chi connectivity index (χ2n) is 2.81. The van der Waals surface area contributed by atoms with Crippen molar-refractivity contribution < 1.29 is 4.39 Å². The molecule has 0 spiro atoms. The molecule has 0 aliphatic carbocycles. The molecule has 65 valence electrons. The molecule has 0 aliphatic heterocycles. The quantitative estimate of drug-likeness (QED) is 0.649. The second-order valence-corrected chi connectivity index (χ2v) is 2.81. The van der Waals surface area contributed by atoms with E-state index in [4.69, 9.17) is 0 Å². The van der Waals surface area contributed by atoms with Gasteiger partial charge in [0.05, 0.1) is 5.69 Å². The molecule has 0 amide bonds. The Morgan fingerprint density at radius 2 is 2.31 bits per heavy atom. The zero-order chi connectivity index (χ0) is 9.26. The van der Waals surface area contributed by atoms with E-state index < -0.39 is 0 Å². The number of rotatable bonds is 1. The van der Waals surface area contributed by atoms with E-state index in [1.807, 2.05) is 6.92 Å². The Hall–Kier alpha value is -1.64. The van der Waals surface area contributed by atoms with Gasteiger partial charge in [-0.1, -0.05) is 6.07 Å². The minimum absolute atomic E-state index is 0.257. The molecular weight excluding hydrogens is 167 g/mol. The van der Waals surface area contributed by atoms with Crippen molar-refractivity contribution in [2.45, 2.75) is 6.92 Å². The summed E-state index contributed by atoms with van der Waals surface area (Å²) < 4.78 is 14.5. The van der Waals surface area contributed by atoms with Crippen LogP contribution in [0.5, 0.6) is 0 Å². The van der Waals surface area contributed by atoms with Gasteiger partial charge < -0.3 is 0 Å². The second kappa shape index (κ2) is 3.01. The van der Waals surface area contributed by atoms with Crippen LogP contribution in [0.1, 0.15) is 5.69 Å². The number of hydrogen-bond donors (Lipinski definition) is 0. The van der Waals surface area contributed by atoms with E-state index in [1.165, 1.54) is 12.1 Å². The van der Waals surface area contributed by atoms with Gasteiger partial charge >= 0.3 is 0 Å². The topological polar surface area (TPSA) is 17.8 Å². The molecule has 0 unspecified atom stereocenters. The molecule has 0 saturated carbocycles. The first-order valence-corrected chi connectivity index (χ1v) is 3.96. The lowest BCUT2D eigenvalue weighted by Gasteiger charge is -2.02. The minimum Gasteiger partial charge on any atom is -0.237 e. The summed E-state index contributed by atoms with van der Waals surface area (Å²) in [5.74, 6) is -0.257. The van der Waals surface area contributed by atoms with Gasteiger partial charge in [0.2, 0.25) is 0 Å². The smallest absolute Gasteiger partial charge is 0.125 e. The van der Waals surface area contributed by atoms with Crippen LogP contribution in [-0.2, 0) is 0 Å². The molecule has 2 aromatic rings. The van der Waals surface area contributed by atoms with Gasteiger partial charge in [0.25, 0.3) is 0 Å². The van der Waals surface area contributed by atoms with Crippen LogP contribution in [0.4, 0.5) is 4.39 Å². The highest BCUT2D eigenvalue weighted by molar-refractivity contribution is 5.32. The van der Waals surface area contributed by atoms with Gasteiger partial charge in [0, 0.05) is 5.69 Å². The minimum atomic E-state index is -0.257. The monoisotopic (exact) mass is 175 g/mol. The normalized spacial score (nSPS) is 10.3. The van der Waals surface area contributed by atoms with E-state index in [0.29, 0.717) is 0 Å². The number of nitrogens with zero attached hydrogens (tertiary/aromatic N) is 2. The summed E-state index contributed by atoms with van der Waals surface area (Å²) in [7, 11) is 0. The zero-order valence-corrected chi connectivity index (χ0v) is 7.16. The van der Waals surface area contributed by atoms with Crippen molar-refractivity contribution in [2.24, 2.45) is 0 Å². The highest BCUT2D eigenvalue weighted by Crippen LogP contribution is 2.10. The molecule has 0 bridgehead atoms. The predicted octanol–water partition coefficient (Wildman–Crippen LogP) is 2.12. The molecule has 0 saturated heterocycles. The van der Waals surface area contributed by atoms with Gasteiger partial charge in [-0.2, -0.15) is 5.10 Å². The summed E-state index contributed by atoms with van der Waals surface area (Å²) in [5, 5.41) is 3.95. The van der Waals surface area contributed by atoms with Crippen molar-refractivity contribution >= 4 is 0 Å². The van der Waals surface area contributed by atoms with Crippen LogP contribution in [-0.4, -0.2) is 9.78 Å². The average molecular weight is 175 g/mol. The highest BCUT2D eigenvalue weighted by Gasteiger charge is 2.00. The maximum absolute atomic E-state index is 12.8. The van der Waals surface area contributed by atoms with E-state index in [-0.39, 0.29) is 5.82 Å². The molecule has 0 atom stereocenters. The van der Waals surface area contributed by atoms with Gasteiger partial charge in [0.1, 0.15) is 12.0 Å². The van der Waals surface area contributed by atoms with Crippen molar-refractivity contribution in [3.8, 4) is 5.69 Å². The number of aromatic nitrogens is 2. The largest absolute Gasteiger partial charge is 0.237 e. The number of hydrogen-bond acceptors (Lipinski definition) is 1. The number of benzene rings is 1. The van der Waals surface area contributed by atoms with Crippen molar-refractivity contribution in [1.82, 2.24) is 9.78 Å². The van der Waals surface area contributed by atoms with Crippen LogP contribution in [0.3, 0.4) is 0 Å². The Kier molecular flexibility index (Phi) is 1.85. The van der Waals surface area contributed by atoms with E-state index in [1.54, 1.807) is 22.9 Å². The van der Waals surface area contributed by atoms with Crippen LogP contribution in [0.25, 0.3) is 5.69 Å². The Morgan fingerprint density at radius 1 is 1.46 bits per heavy atom. The van der Waals surface area contributed by atoms with E-state index in [2.05, 4.69) is 11.3 Å². The maximum atomic E-state index is 12.8. The molecule has 1 aromatic heterocycles. The van der Waals surface area contributed by atoms with Gasteiger partial charge in [-0.25, -0.2) is 9.07 Å². The lowest BCUT2D eigenvalue weighted by Crippen LogP contribution is -1.98. The molecule has 1 radical (unpaired) electrons. The summed E-state index contributed by atoms with van der Waals surface area (Å²) in [6, 6.07) is 8.06. The number of aryl methyl sites for hydroxylation is 1. The van der Waals surface area contributed by atoms with Crippen LogP contribution in [0.15, 0.2) is 30.3 Å². The van der Waals surface area contributed by atoms with Crippen molar-refractivity contribution in [3.05, 3.63) is 48.0 Å². The van der Waals surface area contributed by atoms with Crippen LogP contribution >= 0.6 is 0 Å². The molecule has 0 fully saturated rings. The highest BCUT2D eigenvalue weighted by atomic mass is 19.1. The van der Waals surface area contributed by atoms with E-state index >= 15 is 0 Å². The fraction of sp³-hybridized carbons (Fsp3) is 0.100. The fourth-order valence-corrected chi connectivity index (χ4v) is 1.19. The van der Waals surface area contributed by atoms with Gasteiger partial charge in [-0.15, -0.1) is 0 Å². The molecule has 0 N–H and O–H groups in total. The zero-order valence-electron chi connectivity index (χ0n) is 7.16. The summed E-state index contributed by atoms with van der Waals surface area (Å²) in [6.07, 6.45) is 2.71. The van der Waals surface area contributed by atoms with Crippen LogP contribution < -0.4 is 0 Å². The first-order valence-electron chi connectivity index (χ1n) is 3.96. The standard InChI is InChI=1S/C10H8FN2/c1-8-5-6-12-13(8)10-4-2-3-9(11)7-10/h2-5,7H,1H3. The third-order valence-corrected chi connectivity index (χ3v) is 1.82. The Labute approximate surface area is 75.6 Å². The summed E-state index contributed by atoms with van der Waals surface area (Å²) in [4.78, 5) is 0. The van der Waals surface area contributed by atoms with Gasteiger partial charge in [0.15, 0.2) is 0 Å². The first-order chi connectivity index (χ1) is 6.27. The van der Waals surface area contributed by atoms with E-state index in [0.717, 1.165) is 11.4 Å². The first kappa shape index (κ1) is 7.98. The number of halogens is 1. The molecule has 1 aromatic carbocycles. The molecule has 1 heterocycles. The Morgan fingerprint density at radius 3 is 2.92 bits per heavy atom. The lowest BCUT2D eigenvalue weighted by molar-refractivity contribution is 0.625. The molecule has 2 rings (SSSR count). The van der Waals surface area contributed by atoms with E-state index in [9.17, 15) is 4.39 Å². The fourth-order valence-electron chi connectivity index (χ4n) is 1.19. The predicted molar refractivity (Wildman–Crippen MR) is 47.1 cm³/mol. The Bertz CT molecular complexity index is 420. The third kappa shape index (κ3) is 1.45. The van der Waals surface area contributed by atoms with Crippen LogP contribution in [0.2, 0.25) is 0 Å². The van der Waals surface area contributed by atoms with Crippen molar-refractivity contribution in [2.75, 3.05) is 0 Å². The molecule has 0 aliphatic rings. The Balaban J connectivity index is 2.53. The molecule has 3 heteroatoms. The molecular formula is C10H8FN2. The van der Waals surface area contributed by atoms with Crippen molar-refractivity contribution in [3.63, 3.8) is 0 Å². The SMILES string of the molecule is Cc1c[c]nn1-c1cccc(F)c1. The summed E-state index contributed by atoms with van der Waals surface area (Å²) in [5.41, 5.74) is 1.66.